The second-order valence-electron chi connectivity index (χ2n) is 13.3. The number of likely N-dealkylation sites (tertiary alicyclic amines) is 1. The Balaban J connectivity index is 1.37. The summed E-state index contributed by atoms with van der Waals surface area (Å²) in [5.74, 6) is 0.0613. The molecule has 4 aliphatic rings. The molecule has 2 fully saturated rings. The minimum absolute atomic E-state index is 0.0221. The van der Waals surface area contributed by atoms with Gasteiger partial charge in [0, 0.05) is 47.5 Å². The van der Waals surface area contributed by atoms with E-state index in [-0.39, 0.29) is 29.8 Å². The third kappa shape index (κ3) is 5.70. The van der Waals surface area contributed by atoms with Gasteiger partial charge in [-0.2, -0.15) is 0 Å². The molecule has 2 aromatic carbocycles. The normalized spacial score (nSPS) is 28.7. The van der Waals surface area contributed by atoms with Gasteiger partial charge in [-0.3, -0.25) is 14.5 Å². The van der Waals surface area contributed by atoms with Crippen molar-refractivity contribution in [2.24, 2.45) is 10.9 Å². The van der Waals surface area contributed by atoms with Gasteiger partial charge in [-0.15, -0.1) is 0 Å². The number of carbonyl (C=O) groups is 2. The van der Waals surface area contributed by atoms with Gasteiger partial charge in [0.05, 0.1) is 6.04 Å². The Morgan fingerprint density at radius 1 is 0.978 bits per heavy atom. The third-order valence-corrected chi connectivity index (χ3v) is 11.6. The fourth-order valence-corrected chi connectivity index (χ4v) is 9.23. The number of hydrogen-bond donors (Lipinski definition) is 0. The standard InChI is InChI=1S/C35H43Cl2N5O2S/c1-7-39-18-19-40(20-23(39)5)32(43)28-17-8-22(4)41(28)33(44)30-29(21(2)3)42-31(24-9-13-26(36)14-10-24)35(6,38-34(42)45-30)25-11-15-27(37)16-12-25/h9-16,21-23,28,31H,7-8,17-20H2,1-6H3/t22-,23+,28+,31-,35+/m1/s1. The van der Waals surface area contributed by atoms with Crippen LogP contribution in [0.5, 0.6) is 0 Å². The summed E-state index contributed by atoms with van der Waals surface area (Å²) in [6, 6.07) is 15.4. The molecule has 2 amide bonds. The van der Waals surface area contributed by atoms with Crippen LogP contribution in [0.4, 0.5) is 0 Å². The Morgan fingerprint density at radius 2 is 1.62 bits per heavy atom. The van der Waals surface area contributed by atoms with E-state index in [9.17, 15) is 9.59 Å². The molecule has 6 rings (SSSR count). The molecule has 7 nitrogen and oxygen atoms in total. The van der Waals surface area contributed by atoms with Crippen LogP contribution in [0.15, 0.2) is 64.1 Å². The van der Waals surface area contributed by atoms with Gasteiger partial charge in [-0.25, -0.2) is 4.99 Å². The van der Waals surface area contributed by atoms with Crippen molar-refractivity contribution >= 4 is 51.9 Å². The second-order valence-corrected chi connectivity index (χ2v) is 15.1. The van der Waals surface area contributed by atoms with Gasteiger partial charge in [0.1, 0.15) is 16.5 Å². The molecule has 0 aromatic heterocycles. The molecule has 0 spiro atoms. The zero-order chi connectivity index (χ0) is 32.2. The largest absolute Gasteiger partial charge is 0.338 e. The van der Waals surface area contributed by atoms with Gasteiger partial charge >= 0.3 is 0 Å². The fraction of sp³-hybridized carbons (Fsp3) is 0.514. The number of rotatable bonds is 6. The minimum atomic E-state index is -0.633. The van der Waals surface area contributed by atoms with Crippen molar-refractivity contribution in [2.45, 2.75) is 84.1 Å². The molecular weight excluding hydrogens is 625 g/mol. The van der Waals surface area contributed by atoms with Crippen LogP contribution in [-0.2, 0) is 15.1 Å². The summed E-state index contributed by atoms with van der Waals surface area (Å²) in [7, 11) is 0. The van der Waals surface area contributed by atoms with Crippen molar-refractivity contribution < 1.29 is 9.59 Å². The highest BCUT2D eigenvalue weighted by molar-refractivity contribution is 8.18. The molecule has 4 heterocycles. The third-order valence-electron chi connectivity index (χ3n) is 10.0. The number of piperazine rings is 1. The van der Waals surface area contributed by atoms with Gasteiger partial charge in [-0.05, 0) is 93.2 Å². The fourth-order valence-electron chi connectivity index (χ4n) is 7.63. The maximum absolute atomic E-state index is 14.7. The summed E-state index contributed by atoms with van der Waals surface area (Å²) >= 11 is 14.1. The van der Waals surface area contributed by atoms with Crippen LogP contribution >= 0.6 is 35.0 Å². The predicted octanol–water partition coefficient (Wildman–Crippen LogP) is 7.17. The number of nitrogens with zero attached hydrogens (tertiary/aromatic N) is 5. The number of fused-ring (bicyclic) bond motifs is 1. The molecule has 2 saturated heterocycles. The average molecular weight is 669 g/mol. The number of thioether (sulfide) groups is 1. The number of hydrogen-bond acceptors (Lipinski definition) is 6. The zero-order valence-electron chi connectivity index (χ0n) is 27.0. The molecule has 10 heteroatoms. The first-order valence-electron chi connectivity index (χ1n) is 16.1. The van der Waals surface area contributed by atoms with E-state index in [1.807, 2.05) is 46.2 Å². The first-order valence-corrected chi connectivity index (χ1v) is 17.7. The summed E-state index contributed by atoms with van der Waals surface area (Å²) in [5, 5.41) is 2.15. The summed E-state index contributed by atoms with van der Waals surface area (Å²) in [5.41, 5.74) is 2.43. The number of carbonyl (C=O) groups excluding carboxylic acids is 2. The van der Waals surface area contributed by atoms with Crippen molar-refractivity contribution in [3.8, 4) is 0 Å². The van der Waals surface area contributed by atoms with Gasteiger partial charge in [0.15, 0.2) is 5.17 Å². The maximum Gasteiger partial charge on any atom is 0.263 e. The van der Waals surface area contributed by atoms with Crippen molar-refractivity contribution in [2.75, 3.05) is 26.2 Å². The number of amidine groups is 1. The lowest BCUT2D eigenvalue weighted by molar-refractivity contribution is -0.145. The summed E-state index contributed by atoms with van der Waals surface area (Å²) in [6.45, 7) is 16.1. The van der Waals surface area contributed by atoms with Crippen LogP contribution in [0.2, 0.25) is 10.0 Å². The lowest BCUT2D eigenvalue weighted by Crippen LogP contribution is -2.57. The van der Waals surface area contributed by atoms with E-state index in [1.165, 1.54) is 11.8 Å². The summed E-state index contributed by atoms with van der Waals surface area (Å²) in [6.07, 6.45) is 1.50. The predicted molar refractivity (Wildman–Crippen MR) is 184 cm³/mol. The van der Waals surface area contributed by atoms with E-state index in [1.54, 1.807) is 0 Å². The Bertz CT molecular complexity index is 1530. The van der Waals surface area contributed by atoms with E-state index in [0.29, 0.717) is 40.5 Å². The lowest BCUT2D eigenvalue weighted by Gasteiger charge is -2.41. The number of aliphatic imine (C=N–C) groups is 1. The Labute approximate surface area is 281 Å². The average Bonchev–Trinajstić information content (AvgIpc) is 3.66. The van der Waals surface area contributed by atoms with Gasteiger partial charge in [0.2, 0.25) is 5.91 Å². The monoisotopic (exact) mass is 667 g/mol. The maximum atomic E-state index is 14.7. The Morgan fingerprint density at radius 3 is 2.22 bits per heavy atom. The van der Waals surface area contributed by atoms with Crippen molar-refractivity contribution in [1.82, 2.24) is 19.6 Å². The molecule has 5 atom stereocenters. The molecule has 0 radical (unpaired) electrons. The molecule has 0 aliphatic carbocycles. The first kappa shape index (κ1) is 32.4. The number of amides is 2. The first-order chi connectivity index (χ1) is 21.4. The van der Waals surface area contributed by atoms with Crippen molar-refractivity contribution in [3.05, 3.63) is 80.3 Å². The molecule has 0 saturated carbocycles. The van der Waals surface area contributed by atoms with Crippen LogP contribution < -0.4 is 0 Å². The van der Waals surface area contributed by atoms with Gasteiger partial charge in [0.25, 0.3) is 5.91 Å². The number of halogens is 2. The highest BCUT2D eigenvalue weighted by atomic mass is 35.5. The van der Waals surface area contributed by atoms with E-state index >= 15 is 0 Å². The number of allylic oxidation sites excluding steroid dienone is 1. The van der Waals surface area contributed by atoms with Crippen LogP contribution in [0, 0.1) is 5.92 Å². The topological polar surface area (TPSA) is 59.5 Å². The molecule has 45 heavy (non-hydrogen) atoms. The van der Waals surface area contributed by atoms with Crippen LogP contribution in [0.1, 0.15) is 71.6 Å². The highest BCUT2D eigenvalue weighted by Crippen LogP contribution is 2.56. The lowest BCUT2D eigenvalue weighted by atomic mass is 9.81. The quantitative estimate of drug-likeness (QED) is 0.327. The van der Waals surface area contributed by atoms with Crippen LogP contribution in [0.25, 0.3) is 0 Å². The molecule has 240 valence electrons. The Kier molecular flexibility index (Phi) is 9.07. The zero-order valence-corrected chi connectivity index (χ0v) is 29.3. The molecule has 2 aromatic rings. The van der Waals surface area contributed by atoms with E-state index in [4.69, 9.17) is 28.2 Å². The summed E-state index contributed by atoms with van der Waals surface area (Å²) < 4.78 is 0. The van der Waals surface area contributed by atoms with Crippen molar-refractivity contribution in [3.63, 3.8) is 0 Å². The second kappa shape index (κ2) is 12.6. The highest BCUT2D eigenvalue weighted by Gasteiger charge is 2.54. The summed E-state index contributed by atoms with van der Waals surface area (Å²) in [4.78, 5) is 43.2. The van der Waals surface area contributed by atoms with Crippen molar-refractivity contribution in [1.29, 1.82) is 0 Å². The minimum Gasteiger partial charge on any atom is -0.338 e. The van der Waals surface area contributed by atoms with E-state index in [0.717, 1.165) is 41.5 Å². The molecule has 0 N–H and O–H groups in total. The number of benzene rings is 2. The smallest absolute Gasteiger partial charge is 0.263 e. The van der Waals surface area contributed by atoms with Crippen LogP contribution in [0.3, 0.4) is 0 Å². The van der Waals surface area contributed by atoms with Gasteiger partial charge in [-0.1, -0.05) is 68.2 Å². The van der Waals surface area contributed by atoms with Crippen LogP contribution in [-0.4, -0.2) is 80.9 Å². The SMILES string of the molecule is CCN1CCN(C(=O)[C@@H]2CC[C@@H](C)N2C(=O)C2=C(C(C)C)N3C(=N[C@@](C)(c4ccc(Cl)cc4)[C@H]3c3ccc(Cl)cc3)S2)C[C@@H]1C. The van der Waals surface area contributed by atoms with Gasteiger partial charge < -0.3 is 14.7 Å². The molecule has 0 bridgehead atoms. The molecule has 0 unspecified atom stereocenters. The number of likely N-dealkylation sites (N-methyl/N-ethyl adjacent to an activating group) is 1. The van der Waals surface area contributed by atoms with E-state index in [2.05, 4.69) is 63.5 Å². The molecular formula is C35H43Cl2N5O2S. The van der Waals surface area contributed by atoms with E-state index < -0.39 is 11.6 Å². The Hall–Kier alpha value is -2.52. The molecule has 4 aliphatic heterocycles.